The first kappa shape index (κ1) is 33.4. The first-order valence-electron chi connectivity index (χ1n) is 17.0. The fourth-order valence-corrected chi connectivity index (χ4v) is 7.27. The molecule has 3 aromatic carbocycles. The van der Waals surface area contributed by atoms with Crippen LogP contribution in [0.3, 0.4) is 0 Å². The molecule has 3 aliphatic rings. The molecule has 11 nitrogen and oxygen atoms in total. The van der Waals surface area contributed by atoms with Crippen LogP contribution in [-0.2, 0) is 30.2 Å². The number of H-pyrrole nitrogens is 1. The quantitative estimate of drug-likeness (QED) is 0.248. The molecule has 7 rings (SSSR count). The third-order valence-corrected chi connectivity index (χ3v) is 10.7. The van der Waals surface area contributed by atoms with Gasteiger partial charge < -0.3 is 38.7 Å². The summed E-state index contributed by atoms with van der Waals surface area (Å²) in [5.74, 6) is 1.32. The van der Waals surface area contributed by atoms with Gasteiger partial charge in [-0.2, -0.15) is 0 Å². The lowest BCUT2D eigenvalue weighted by Gasteiger charge is -2.32. The number of benzene rings is 3. The van der Waals surface area contributed by atoms with E-state index in [1.54, 1.807) is 7.11 Å². The Kier molecular flexibility index (Phi) is 8.40. The second kappa shape index (κ2) is 12.3. The van der Waals surface area contributed by atoms with Crippen molar-refractivity contribution in [3.8, 4) is 16.9 Å². The number of carbonyl (C=O) groups is 2. The second-order valence-electron chi connectivity index (χ2n) is 14.9. The number of imidazole rings is 1. The zero-order valence-corrected chi connectivity index (χ0v) is 29.5. The molecule has 258 valence electrons. The molecule has 2 saturated heterocycles. The molecule has 4 aromatic rings. The number of hydrogen-bond acceptors (Lipinski definition) is 8. The van der Waals surface area contributed by atoms with Gasteiger partial charge in [-0.25, -0.2) is 9.78 Å². The van der Waals surface area contributed by atoms with Gasteiger partial charge in [-0.1, -0.05) is 38.1 Å². The second-order valence-corrected chi connectivity index (χ2v) is 14.9. The number of fused-ring (bicyclic) bond motifs is 6. The zero-order chi connectivity index (χ0) is 34.8. The van der Waals surface area contributed by atoms with Crippen LogP contribution in [-0.4, -0.2) is 78.6 Å². The highest BCUT2D eigenvalue weighted by Gasteiger charge is 2.52. The van der Waals surface area contributed by atoms with Gasteiger partial charge in [0.25, 0.3) is 0 Å². The van der Waals surface area contributed by atoms with Crippen LogP contribution in [0.1, 0.15) is 65.4 Å². The van der Waals surface area contributed by atoms with Gasteiger partial charge in [-0.15, -0.1) is 0 Å². The van der Waals surface area contributed by atoms with E-state index in [0.29, 0.717) is 32.0 Å². The number of carbonyl (C=O) groups excluding carboxylic acids is 2. The molecule has 3 aliphatic heterocycles. The minimum Gasteiger partial charge on any atom is -0.488 e. The maximum Gasteiger partial charge on any atom is 0.494 e. The van der Waals surface area contributed by atoms with Crippen LogP contribution in [0, 0.1) is 11.8 Å². The summed E-state index contributed by atoms with van der Waals surface area (Å²) in [5.41, 5.74) is 5.07. The summed E-state index contributed by atoms with van der Waals surface area (Å²) < 4.78 is 29.3. The topological polar surface area (TPSA) is 124 Å². The van der Waals surface area contributed by atoms with E-state index in [1.165, 1.54) is 7.11 Å². The van der Waals surface area contributed by atoms with E-state index >= 15 is 0 Å². The van der Waals surface area contributed by atoms with Crippen LogP contribution in [0.2, 0.25) is 0 Å². The minimum absolute atomic E-state index is 0.126. The maximum atomic E-state index is 14.0. The predicted molar refractivity (Wildman–Crippen MR) is 188 cm³/mol. The molecule has 4 heterocycles. The summed E-state index contributed by atoms with van der Waals surface area (Å²) in [7, 11) is 2.53. The van der Waals surface area contributed by atoms with Crippen LogP contribution < -0.4 is 15.5 Å². The van der Waals surface area contributed by atoms with E-state index in [2.05, 4.69) is 74.4 Å². The summed E-state index contributed by atoms with van der Waals surface area (Å²) in [6, 6.07) is 13.7. The Morgan fingerprint density at radius 2 is 1.82 bits per heavy atom. The lowest BCUT2D eigenvalue weighted by atomic mass is 9.77. The van der Waals surface area contributed by atoms with Gasteiger partial charge in [0, 0.05) is 30.5 Å². The van der Waals surface area contributed by atoms with Gasteiger partial charge in [-0.05, 0) is 80.2 Å². The molecular weight excluding hydrogens is 623 g/mol. The van der Waals surface area contributed by atoms with Crippen molar-refractivity contribution in [2.75, 3.05) is 27.4 Å². The fraction of sp³-hybridized carbons (Fsp3) is 0.486. The van der Waals surface area contributed by atoms with Crippen molar-refractivity contribution >= 4 is 46.4 Å². The molecule has 0 saturated carbocycles. The molecule has 12 heteroatoms. The van der Waals surface area contributed by atoms with Crippen molar-refractivity contribution in [2.24, 2.45) is 11.8 Å². The summed E-state index contributed by atoms with van der Waals surface area (Å²) in [6.45, 7) is 13.5. The first-order chi connectivity index (χ1) is 23.3. The van der Waals surface area contributed by atoms with Crippen molar-refractivity contribution in [3.05, 3.63) is 53.9 Å². The number of amides is 2. The van der Waals surface area contributed by atoms with Crippen molar-refractivity contribution in [3.63, 3.8) is 0 Å². The van der Waals surface area contributed by atoms with Crippen LogP contribution in [0.5, 0.6) is 5.75 Å². The van der Waals surface area contributed by atoms with Gasteiger partial charge in [-0.3, -0.25) is 4.79 Å². The van der Waals surface area contributed by atoms with E-state index in [1.807, 2.05) is 24.8 Å². The molecule has 49 heavy (non-hydrogen) atoms. The van der Waals surface area contributed by atoms with Crippen LogP contribution in [0.15, 0.2) is 42.5 Å². The van der Waals surface area contributed by atoms with Gasteiger partial charge in [0.2, 0.25) is 5.91 Å². The number of nitrogens with one attached hydrogen (secondary N) is 2. The summed E-state index contributed by atoms with van der Waals surface area (Å²) >= 11 is 0. The molecule has 0 aliphatic carbocycles. The summed E-state index contributed by atoms with van der Waals surface area (Å²) in [6.07, 6.45) is 0.0498. The van der Waals surface area contributed by atoms with E-state index in [0.717, 1.165) is 49.7 Å². The number of alkyl carbamates (subject to hydrolysis) is 1. The Hall–Kier alpha value is -4.13. The number of ether oxygens (including phenoxy) is 3. The first-order valence-corrected chi connectivity index (χ1v) is 17.0. The molecule has 0 bridgehead atoms. The smallest absolute Gasteiger partial charge is 0.488 e. The van der Waals surface area contributed by atoms with E-state index in [9.17, 15) is 9.59 Å². The monoisotopic (exact) mass is 668 g/mol. The van der Waals surface area contributed by atoms with E-state index < -0.39 is 30.5 Å². The number of methoxy groups -OCH3 is 2. The van der Waals surface area contributed by atoms with Gasteiger partial charge in [0.15, 0.2) is 0 Å². The SMILES string of the molecule is COCC1CC(c2nc3c(ccc4cc5c(cc43)OCc3cc(B4OC(C)(C)C(C)(C)O4)ccc3-5)[nH]2)N(C(=O)C(NC(=O)OC)C(C)C)C1. The van der Waals surface area contributed by atoms with Crippen molar-refractivity contribution in [2.45, 2.75) is 77.9 Å². The fourth-order valence-electron chi connectivity index (χ4n) is 7.27. The van der Waals surface area contributed by atoms with Gasteiger partial charge in [0.1, 0.15) is 24.2 Å². The third kappa shape index (κ3) is 5.83. The highest BCUT2D eigenvalue weighted by Crippen LogP contribution is 2.43. The average Bonchev–Trinajstić information content (AvgIpc) is 3.75. The zero-order valence-electron chi connectivity index (χ0n) is 29.5. The molecule has 2 N–H and O–H groups in total. The standard InChI is InChI=1S/C37H45BN4O7/c1-20(2)31(41-35(44)46-8)34(43)42-17-21(18-45-7)13-29(42)33-39-28-12-9-22-15-27-25-11-10-24(38-48-36(3,4)37(5,6)49-38)14-23(25)19-47-30(27)16-26(22)32(28)40-33/h9-12,14-16,20-21,29,31H,13,17-19H2,1-8H3,(H,39,40)(H,41,44). The largest absolute Gasteiger partial charge is 0.494 e. The summed E-state index contributed by atoms with van der Waals surface area (Å²) in [4.78, 5) is 36.5. The van der Waals surface area contributed by atoms with E-state index in [-0.39, 0.29) is 23.8 Å². The Morgan fingerprint density at radius 3 is 2.51 bits per heavy atom. The van der Waals surface area contributed by atoms with E-state index in [4.69, 9.17) is 28.5 Å². The molecule has 0 spiro atoms. The Morgan fingerprint density at radius 1 is 1.06 bits per heavy atom. The summed E-state index contributed by atoms with van der Waals surface area (Å²) in [5, 5.41) is 4.73. The van der Waals surface area contributed by atoms with Gasteiger partial charge in [0.05, 0.1) is 42.0 Å². The average molecular weight is 669 g/mol. The maximum absolute atomic E-state index is 14.0. The predicted octanol–water partition coefficient (Wildman–Crippen LogP) is 5.49. The molecule has 3 atom stereocenters. The van der Waals surface area contributed by atoms with Crippen LogP contribution in [0.4, 0.5) is 4.79 Å². The number of rotatable bonds is 7. The molecule has 1 aromatic heterocycles. The molecule has 3 unspecified atom stereocenters. The molecule has 0 radical (unpaired) electrons. The number of aromatic nitrogens is 2. The molecule has 2 fully saturated rings. The third-order valence-electron chi connectivity index (χ3n) is 10.7. The van der Waals surface area contributed by atoms with Crippen molar-refractivity contribution < 1.29 is 33.1 Å². The normalized spacial score (nSPS) is 21.5. The Labute approximate surface area is 287 Å². The van der Waals surface area contributed by atoms with Gasteiger partial charge >= 0.3 is 13.2 Å². The number of likely N-dealkylation sites (tertiary alicyclic amines) is 1. The lowest BCUT2D eigenvalue weighted by molar-refractivity contribution is -0.135. The molecular formula is C37H45BN4O7. The van der Waals surface area contributed by atoms with Crippen molar-refractivity contribution in [1.29, 1.82) is 0 Å². The number of hydrogen-bond donors (Lipinski definition) is 2. The lowest BCUT2D eigenvalue weighted by Crippen LogP contribution is -2.51. The minimum atomic E-state index is -0.735. The number of aromatic amines is 1. The number of nitrogens with zero attached hydrogens (tertiary/aromatic N) is 2. The highest BCUT2D eigenvalue weighted by atomic mass is 16.7. The molecule has 2 amide bonds. The van der Waals surface area contributed by atoms with Crippen molar-refractivity contribution in [1.82, 2.24) is 20.2 Å². The Bertz CT molecular complexity index is 1920. The highest BCUT2D eigenvalue weighted by molar-refractivity contribution is 6.62. The Balaban J connectivity index is 1.21. The van der Waals surface area contributed by atoms with Crippen LogP contribution >= 0.6 is 0 Å². The van der Waals surface area contributed by atoms with Crippen LogP contribution in [0.25, 0.3) is 32.9 Å².